The lowest BCUT2D eigenvalue weighted by Gasteiger charge is -2.21. The van der Waals surface area contributed by atoms with Crippen LogP contribution in [0.1, 0.15) is 16.0 Å². The van der Waals surface area contributed by atoms with Crippen molar-refractivity contribution in [2.24, 2.45) is 10.9 Å². The largest absolute Gasteiger partial charge is 0.409 e. The Kier molecular flexibility index (Phi) is 4.06. The van der Waals surface area contributed by atoms with Gasteiger partial charge in [-0.3, -0.25) is 0 Å². The summed E-state index contributed by atoms with van der Waals surface area (Å²) < 4.78 is 0. The second kappa shape index (κ2) is 5.75. The third-order valence-corrected chi connectivity index (χ3v) is 3.78. The van der Waals surface area contributed by atoms with Crippen molar-refractivity contribution in [3.63, 3.8) is 0 Å². The van der Waals surface area contributed by atoms with Gasteiger partial charge in [0.1, 0.15) is 0 Å². The molecular weight excluding hydrogens is 258 g/mol. The zero-order valence-corrected chi connectivity index (χ0v) is 11.8. The highest BCUT2D eigenvalue weighted by Crippen LogP contribution is 2.23. The molecule has 0 fully saturated rings. The zero-order chi connectivity index (χ0) is 13.8. The van der Waals surface area contributed by atoms with Gasteiger partial charge in [-0.1, -0.05) is 22.9 Å². The van der Waals surface area contributed by atoms with Gasteiger partial charge in [-0.25, -0.2) is 0 Å². The average Bonchev–Trinajstić information content (AvgIpc) is 2.90. The quantitative estimate of drug-likeness (QED) is 0.390. The molecule has 100 valence electrons. The molecule has 0 saturated carbocycles. The van der Waals surface area contributed by atoms with E-state index in [1.165, 1.54) is 4.88 Å². The van der Waals surface area contributed by atoms with Gasteiger partial charge in [0.2, 0.25) is 0 Å². The molecule has 5 heteroatoms. The van der Waals surface area contributed by atoms with E-state index in [4.69, 9.17) is 10.9 Å². The molecule has 0 aliphatic carbocycles. The van der Waals surface area contributed by atoms with Crippen LogP contribution in [0.5, 0.6) is 0 Å². The monoisotopic (exact) mass is 275 g/mol. The van der Waals surface area contributed by atoms with Crippen LogP contribution >= 0.6 is 11.3 Å². The van der Waals surface area contributed by atoms with Crippen LogP contribution in [-0.4, -0.2) is 18.1 Å². The van der Waals surface area contributed by atoms with E-state index < -0.39 is 0 Å². The van der Waals surface area contributed by atoms with Gasteiger partial charge in [0.25, 0.3) is 0 Å². The highest BCUT2D eigenvalue weighted by atomic mass is 32.1. The first kappa shape index (κ1) is 13.4. The lowest BCUT2D eigenvalue weighted by Crippen LogP contribution is -2.22. The van der Waals surface area contributed by atoms with Crippen molar-refractivity contribution in [1.29, 1.82) is 0 Å². The number of nitrogens with two attached hydrogens (primary N) is 1. The van der Waals surface area contributed by atoms with E-state index in [0.29, 0.717) is 0 Å². The molecule has 4 nitrogen and oxygen atoms in total. The zero-order valence-electron chi connectivity index (χ0n) is 11.0. The molecule has 3 N–H and O–H groups in total. The Morgan fingerprint density at radius 1 is 1.42 bits per heavy atom. The maximum Gasteiger partial charge on any atom is 0.172 e. The Morgan fingerprint density at radius 3 is 2.84 bits per heavy atom. The number of nitrogens with zero attached hydrogens (tertiary/aromatic N) is 2. The van der Waals surface area contributed by atoms with Crippen molar-refractivity contribution >= 4 is 22.9 Å². The number of hydrogen-bond donors (Lipinski definition) is 2. The summed E-state index contributed by atoms with van der Waals surface area (Å²) in [6, 6.07) is 10.1. The Bertz CT molecular complexity index is 578. The molecule has 0 radical (unpaired) electrons. The molecule has 0 aliphatic rings. The molecule has 2 rings (SSSR count). The van der Waals surface area contributed by atoms with Gasteiger partial charge in [-0.15, -0.1) is 11.3 Å². The molecule has 1 aromatic carbocycles. The Morgan fingerprint density at radius 2 is 2.21 bits per heavy atom. The van der Waals surface area contributed by atoms with Gasteiger partial charge in [0.05, 0.1) is 6.54 Å². The van der Waals surface area contributed by atoms with Gasteiger partial charge >= 0.3 is 0 Å². The molecule has 2 aromatic rings. The lowest BCUT2D eigenvalue weighted by atomic mass is 10.1. The number of rotatable bonds is 4. The van der Waals surface area contributed by atoms with Gasteiger partial charge in [-0.2, -0.15) is 0 Å². The predicted octanol–water partition coefficient (Wildman–Crippen LogP) is 2.79. The van der Waals surface area contributed by atoms with E-state index in [9.17, 15) is 0 Å². The molecular formula is C14H17N3OS. The van der Waals surface area contributed by atoms with Crippen molar-refractivity contribution in [1.82, 2.24) is 0 Å². The summed E-state index contributed by atoms with van der Waals surface area (Å²) >= 11 is 1.72. The fraction of sp³-hybridized carbons (Fsp3) is 0.214. The maximum atomic E-state index is 8.89. The fourth-order valence-corrected chi connectivity index (χ4v) is 2.72. The first-order valence-corrected chi connectivity index (χ1v) is 6.82. The van der Waals surface area contributed by atoms with E-state index in [-0.39, 0.29) is 5.84 Å². The van der Waals surface area contributed by atoms with E-state index in [2.05, 4.69) is 21.5 Å². The molecule has 0 atom stereocenters. The van der Waals surface area contributed by atoms with Crippen molar-refractivity contribution < 1.29 is 5.21 Å². The standard InChI is InChI=1S/C14H17N3OS/c1-10-5-6-13(12(8-10)14(15)16-18)17(2)9-11-4-3-7-19-11/h3-8,18H,9H2,1-2H3,(H2,15,16). The van der Waals surface area contributed by atoms with Crippen molar-refractivity contribution in [3.05, 3.63) is 51.7 Å². The normalized spacial score (nSPS) is 11.6. The van der Waals surface area contributed by atoms with E-state index in [1.54, 1.807) is 11.3 Å². The summed E-state index contributed by atoms with van der Waals surface area (Å²) in [5.74, 6) is 0.136. The summed E-state index contributed by atoms with van der Waals surface area (Å²) in [4.78, 5) is 3.37. The number of aryl methyl sites for hydroxylation is 1. The highest BCUT2D eigenvalue weighted by molar-refractivity contribution is 7.09. The highest BCUT2D eigenvalue weighted by Gasteiger charge is 2.12. The van der Waals surface area contributed by atoms with Crippen LogP contribution in [0.4, 0.5) is 5.69 Å². The topological polar surface area (TPSA) is 61.8 Å². The Labute approximate surface area is 116 Å². The third kappa shape index (κ3) is 3.06. The summed E-state index contributed by atoms with van der Waals surface area (Å²) in [5, 5.41) is 14.1. The average molecular weight is 275 g/mol. The number of hydrogen-bond acceptors (Lipinski definition) is 4. The molecule has 0 amide bonds. The molecule has 1 aromatic heterocycles. The molecule has 0 spiro atoms. The summed E-state index contributed by atoms with van der Waals surface area (Å²) in [7, 11) is 2.00. The van der Waals surface area contributed by atoms with Crippen molar-refractivity contribution in [2.75, 3.05) is 11.9 Å². The van der Waals surface area contributed by atoms with Crippen LogP contribution in [0.25, 0.3) is 0 Å². The van der Waals surface area contributed by atoms with Gasteiger partial charge < -0.3 is 15.8 Å². The minimum absolute atomic E-state index is 0.136. The van der Waals surface area contributed by atoms with E-state index in [1.807, 2.05) is 38.2 Å². The summed E-state index contributed by atoms with van der Waals surface area (Å²) in [5.41, 5.74) is 8.53. The van der Waals surface area contributed by atoms with Gasteiger partial charge in [-0.05, 0) is 30.5 Å². The third-order valence-electron chi connectivity index (χ3n) is 2.92. The van der Waals surface area contributed by atoms with Crippen LogP contribution in [0, 0.1) is 6.92 Å². The van der Waals surface area contributed by atoms with Crippen molar-refractivity contribution in [3.8, 4) is 0 Å². The molecule has 19 heavy (non-hydrogen) atoms. The number of amidine groups is 1. The SMILES string of the molecule is Cc1ccc(N(C)Cc2cccs2)c(/C(N)=N/O)c1. The summed E-state index contributed by atoms with van der Waals surface area (Å²) in [6.07, 6.45) is 0. The second-order valence-electron chi connectivity index (χ2n) is 4.44. The van der Waals surface area contributed by atoms with Crippen LogP contribution < -0.4 is 10.6 Å². The first-order valence-electron chi connectivity index (χ1n) is 5.94. The van der Waals surface area contributed by atoms with Crippen LogP contribution in [0.3, 0.4) is 0 Å². The number of oxime groups is 1. The molecule has 0 bridgehead atoms. The molecule has 1 heterocycles. The van der Waals surface area contributed by atoms with Crippen LogP contribution in [-0.2, 0) is 6.54 Å². The molecule has 0 saturated heterocycles. The van der Waals surface area contributed by atoms with Crippen molar-refractivity contribution in [2.45, 2.75) is 13.5 Å². The number of benzene rings is 1. The van der Waals surface area contributed by atoms with E-state index >= 15 is 0 Å². The minimum Gasteiger partial charge on any atom is -0.409 e. The lowest BCUT2D eigenvalue weighted by molar-refractivity contribution is 0.318. The van der Waals surface area contributed by atoms with Gasteiger partial charge in [0.15, 0.2) is 5.84 Å². The maximum absolute atomic E-state index is 8.89. The number of anilines is 1. The predicted molar refractivity (Wildman–Crippen MR) is 80.1 cm³/mol. The van der Waals surface area contributed by atoms with Crippen LogP contribution in [0.2, 0.25) is 0 Å². The summed E-state index contributed by atoms with van der Waals surface area (Å²) in [6.45, 7) is 2.78. The smallest absolute Gasteiger partial charge is 0.172 e. The van der Waals surface area contributed by atoms with Gasteiger partial charge in [0, 0.05) is 23.2 Å². The Balaban J connectivity index is 2.33. The van der Waals surface area contributed by atoms with Crippen LogP contribution in [0.15, 0.2) is 40.9 Å². The number of thiophene rings is 1. The van der Waals surface area contributed by atoms with E-state index in [0.717, 1.165) is 23.4 Å². The molecule has 0 unspecified atom stereocenters. The first-order chi connectivity index (χ1) is 9.11. The molecule has 0 aliphatic heterocycles. The fourth-order valence-electron chi connectivity index (χ4n) is 1.96. The Hall–Kier alpha value is -2.01. The minimum atomic E-state index is 0.136. The second-order valence-corrected chi connectivity index (χ2v) is 5.47.